The van der Waals surface area contributed by atoms with Gasteiger partial charge in [0.05, 0.1) is 11.2 Å². The van der Waals surface area contributed by atoms with Gasteiger partial charge in [-0.2, -0.15) is 0 Å². The maximum Gasteiger partial charge on any atom is 0.164 e. The van der Waals surface area contributed by atoms with E-state index in [2.05, 4.69) is 184 Å². The number of fused-ring (bicyclic) bond motifs is 6. The van der Waals surface area contributed by atoms with Crippen LogP contribution < -0.4 is 0 Å². The van der Waals surface area contributed by atoms with E-state index in [-0.39, 0.29) is 0 Å². The number of aryl methyl sites for hydroxylation is 2. The molecule has 0 saturated heterocycles. The van der Waals surface area contributed by atoms with Crippen molar-refractivity contribution < 1.29 is 4.42 Å². The molecule has 278 valence electrons. The Balaban J connectivity index is 1.04. The van der Waals surface area contributed by atoms with Crippen LogP contribution in [0.25, 0.3) is 111 Å². The number of furan rings is 1. The van der Waals surface area contributed by atoms with Crippen LogP contribution in [-0.4, -0.2) is 19.9 Å². The molecule has 5 heteroatoms. The van der Waals surface area contributed by atoms with Gasteiger partial charge in [0.15, 0.2) is 17.5 Å². The molecule has 0 aliphatic carbocycles. The highest BCUT2D eigenvalue weighted by atomic mass is 16.3. The molecule has 0 bridgehead atoms. The Morgan fingerprint density at radius 1 is 0.339 bits per heavy atom. The van der Waals surface area contributed by atoms with Crippen LogP contribution in [0.3, 0.4) is 0 Å². The molecule has 59 heavy (non-hydrogen) atoms. The number of aromatic nitrogens is 4. The zero-order chi connectivity index (χ0) is 39.5. The fourth-order valence-corrected chi connectivity index (χ4v) is 8.26. The predicted molar refractivity (Wildman–Crippen MR) is 242 cm³/mol. The zero-order valence-electron chi connectivity index (χ0n) is 32.5. The van der Waals surface area contributed by atoms with Crippen LogP contribution >= 0.6 is 0 Å². The van der Waals surface area contributed by atoms with Gasteiger partial charge in [0.2, 0.25) is 0 Å². The highest BCUT2D eigenvalue weighted by molar-refractivity contribution is 6.27. The third kappa shape index (κ3) is 6.12. The van der Waals surface area contributed by atoms with Crippen molar-refractivity contribution in [1.82, 2.24) is 19.9 Å². The van der Waals surface area contributed by atoms with Gasteiger partial charge in [-0.1, -0.05) is 169 Å². The van der Waals surface area contributed by atoms with Crippen LogP contribution in [0.4, 0.5) is 0 Å². The van der Waals surface area contributed by atoms with Gasteiger partial charge in [0, 0.05) is 54.7 Å². The molecule has 0 atom stereocenters. The predicted octanol–water partition coefficient (Wildman–Crippen LogP) is 14.1. The average Bonchev–Trinajstić information content (AvgIpc) is 3.67. The van der Waals surface area contributed by atoms with E-state index in [1.807, 2.05) is 12.1 Å². The van der Waals surface area contributed by atoms with E-state index >= 15 is 0 Å². The third-order valence-corrected chi connectivity index (χ3v) is 11.3. The quantitative estimate of drug-likeness (QED) is 0.158. The highest BCUT2D eigenvalue weighted by Gasteiger charge is 2.22. The summed E-state index contributed by atoms with van der Waals surface area (Å²) in [5, 5.41) is 5.55. The van der Waals surface area contributed by atoms with Gasteiger partial charge in [0.25, 0.3) is 0 Å². The molecule has 0 aliphatic heterocycles. The largest absolute Gasteiger partial charge is 0.456 e. The minimum atomic E-state index is 0.627. The van der Waals surface area contributed by atoms with Crippen LogP contribution in [0, 0.1) is 13.8 Å². The first-order valence-corrected chi connectivity index (χ1v) is 19.9. The number of para-hydroxylation sites is 2. The van der Waals surface area contributed by atoms with Crippen molar-refractivity contribution in [3.63, 3.8) is 0 Å². The Labute approximate surface area is 341 Å². The summed E-state index contributed by atoms with van der Waals surface area (Å²) in [6.07, 6.45) is 0. The molecule has 0 saturated carbocycles. The summed E-state index contributed by atoms with van der Waals surface area (Å²) >= 11 is 0. The van der Waals surface area contributed by atoms with Gasteiger partial charge in [-0.05, 0) is 54.8 Å². The lowest BCUT2D eigenvalue weighted by atomic mass is 9.89. The minimum absolute atomic E-state index is 0.627. The molecule has 3 aromatic heterocycles. The molecule has 8 aromatic carbocycles. The molecule has 11 aromatic rings. The first-order valence-electron chi connectivity index (χ1n) is 19.9. The normalized spacial score (nSPS) is 11.6. The van der Waals surface area contributed by atoms with E-state index in [4.69, 9.17) is 24.4 Å². The monoisotopic (exact) mass is 756 g/mol. The summed E-state index contributed by atoms with van der Waals surface area (Å²) in [7, 11) is 0. The standard InChI is InChI=1S/C54H36N4O/c1-33-19-23-38(24-20-33)52-56-53(39-25-21-34(2)22-26-39)58-54(57-52)41-14-10-13-40(31-41)35-27-29-37(30-28-35)51-44-32-47-50(43-16-7-9-18-46(43)59-47)48(36-11-4-3-5-12-36)49(44)42-15-6-8-17-45(42)55-51/h3-32H,1-2H3. The number of hydrogen-bond donors (Lipinski definition) is 0. The first-order chi connectivity index (χ1) is 29.0. The van der Waals surface area contributed by atoms with Crippen LogP contribution in [0.5, 0.6) is 0 Å². The number of hydrogen-bond acceptors (Lipinski definition) is 5. The molecule has 11 rings (SSSR count). The lowest BCUT2D eigenvalue weighted by molar-refractivity contribution is 0.669. The van der Waals surface area contributed by atoms with Gasteiger partial charge in [0.1, 0.15) is 11.2 Å². The van der Waals surface area contributed by atoms with Crippen LogP contribution in [0.15, 0.2) is 186 Å². The Hall–Kier alpha value is -7.76. The SMILES string of the molecule is Cc1ccc(-c2nc(-c3ccc(C)cc3)nc(-c3cccc(-c4ccc(-c5nc6ccccc6c6c(-c7ccccc7)c7c(cc56)oc5ccccc57)cc4)c3)n2)cc1. The van der Waals surface area contributed by atoms with Crippen molar-refractivity contribution in [3.05, 3.63) is 193 Å². The molecule has 0 fully saturated rings. The van der Waals surface area contributed by atoms with Gasteiger partial charge in [-0.3, -0.25) is 0 Å². The Bertz CT molecular complexity index is 3310. The number of pyridine rings is 1. The minimum Gasteiger partial charge on any atom is -0.456 e. The first kappa shape index (κ1) is 34.5. The van der Waals surface area contributed by atoms with E-state index in [1.54, 1.807) is 0 Å². The van der Waals surface area contributed by atoms with Crippen molar-refractivity contribution in [2.45, 2.75) is 13.8 Å². The summed E-state index contributed by atoms with van der Waals surface area (Å²) in [4.78, 5) is 20.3. The molecule has 0 amide bonds. The molecule has 3 heterocycles. The third-order valence-electron chi connectivity index (χ3n) is 11.3. The van der Waals surface area contributed by atoms with E-state index in [9.17, 15) is 0 Å². The second-order valence-electron chi connectivity index (χ2n) is 15.2. The van der Waals surface area contributed by atoms with Gasteiger partial charge >= 0.3 is 0 Å². The summed E-state index contributed by atoms with van der Waals surface area (Å²) < 4.78 is 6.58. The molecule has 0 aliphatic rings. The Morgan fingerprint density at radius 2 is 0.881 bits per heavy atom. The van der Waals surface area contributed by atoms with Gasteiger partial charge in [-0.15, -0.1) is 0 Å². The summed E-state index contributed by atoms with van der Waals surface area (Å²) in [5.41, 5.74) is 14.2. The lowest BCUT2D eigenvalue weighted by Gasteiger charge is -2.16. The molecule has 0 spiro atoms. The maximum absolute atomic E-state index is 6.58. The fraction of sp³-hybridized carbons (Fsp3) is 0.0370. The molecule has 0 unspecified atom stereocenters. The molecular formula is C54H36N4O. The van der Waals surface area contributed by atoms with Crippen LogP contribution in [0.1, 0.15) is 11.1 Å². The molecule has 0 radical (unpaired) electrons. The second-order valence-corrected chi connectivity index (χ2v) is 15.2. The Morgan fingerprint density at radius 3 is 1.58 bits per heavy atom. The van der Waals surface area contributed by atoms with Crippen molar-refractivity contribution in [3.8, 4) is 67.7 Å². The average molecular weight is 757 g/mol. The maximum atomic E-state index is 6.58. The summed E-state index contributed by atoms with van der Waals surface area (Å²) in [5.74, 6) is 1.92. The van der Waals surface area contributed by atoms with E-state index in [1.165, 1.54) is 16.5 Å². The smallest absolute Gasteiger partial charge is 0.164 e. The molecule has 5 nitrogen and oxygen atoms in total. The van der Waals surface area contributed by atoms with Crippen molar-refractivity contribution in [2.75, 3.05) is 0 Å². The Kier molecular flexibility index (Phi) is 8.19. The summed E-state index contributed by atoms with van der Waals surface area (Å²) in [6, 6.07) is 63.4. The molecular weight excluding hydrogens is 721 g/mol. The summed E-state index contributed by atoms with van der Waals surface area (Å²) in [6.45, 7) is 4.17. The fourth-order valence-electron chi connectivity index (χ4n) is 8.26. The number of nitrogens with zero attached hydrogens (tertiary/aromatic N) is 4. The van der Waals surface area contributed by atoms with Gasteiger partial charge in [-0.25, -0.2) is 19.9 Å². The highest BCUT2D eigenvalue weighted by Crippen LogP contribution is 2.46. The zero-order valence-corrected chi connectivity index (χ0v) is 32.5. The van der Waals surface area contributed by atoms with Crippen LogP contribution in [0.2, 0.25) is 0 Å². The van der Waals surface area contributed by atoms with Crippen molar-refractivity contribution in [2.24, 2.45) is 0 Å². The van der Waals surface area contributed by atoms with E-state index < -0.39 is 0 Å². The second kappa shape index (κ2) is 14.0. The van der Waals surface area contributed by atoms with Crippen molar-refractivity contribution in [1.29, 1.82) is 0 Å². The lowest BCUT2D eigenvalue weighted by Crippen LogP contribution is -2.00. The number of rotatable bonds is 6. The van der Waals surface area contributed by atoms with E-state index in [0.717, 1.165) is 88.4 Å². The number of benzene rings is 8. The van der Waals surface area contributed by atoms with E-state index in [0.29, 0.717) is 17.5 Å². The van der Waals surface area contributed by atoms with Gasteiger partial charge < -0.3 is 4.42 Å². The van der Waals surface area contributed by atoms with Crippen molar-refractivity contribution >= 4 is 43.6 Å². The topological polar surface area (TPSA) is 64.7 Å². The molecule has 0 N–H and O–H groups in total. The van der Waals surface area contributed by atoms with Crippen LogP contribution in [-0.2, 0) is 0 Å².